The van der Waals surface area contributed by atoms with Crippen LogP contribution < -0.4 is 0 Å². The van der Waals surface area contributed by atoms with E-state index in [1.165, 1.54) is 13.8 Å². The van der Waals surface area contributed by atoms with E-state index < -0.39 is 64.7 Å². The summed E-state index contributed by atoms with van der Waals surface area (Å²) in [5, 5.41) is 0. The fourth-order valence-electron chi connectivity index (χ4n) is 5.68. The van der Waals surface area contributed by atoms with Crippen LogP contribution in [0.1, 0.15) is 71.2 Å². The molecule has 1 fully saturated rings. The molecule has 0 radical (unpaired) electrons. The largest absolute Gasteiger partial charge is 0.458 e. The van der Waals surface area contributed by atoms with E-state index in [9.17, 15) is 24.0 Å². The molecule has 8 nitrogen and oxygen atoms in total. The van der Waals surface area contributed by atoms with Crippen molar-refractivity contribution in [1.29, 1.82) is 0 Å². The zero-order chi connectivity index (χ0) is 29.1. The minimum Gasteiger partial charge on any atom is -0.458 e. The van der Waals surface area contributed by atoms with Crippen molar-refractivity contribution in [1.82, 2.24) is 0 Å². The van der Waals surface area contributed by atoms with Gasteiger partial charge in [-0.3, -0.25) is 19.2 Å². The third-order valence-electron chi connectivity index (χ3n) is 7.70. The summed E-state index contributed by atoms with van der Waals surface area (Å²) in [6.45, 7) is 13.6. The van der Waals surface area contributed by atoms with E-state index in [2.05, 4.69) is 6.58 Å². The molecule has 0 bridgehead atoms. The SMILES string of the molecule is C=C1CCC(=O)C(C)(C)/C=C/[C@H](C)C(=O)[C@@]2(OC(C)=O)C[C@H](C)[C@H](OC(=O)c3ccccc3)[C@@H]2[C@@H]1OC(C)=O. The first-order valence-electron chi connectivity index (χ1n) is 13.3. The number of ketones is 2. The van der Waals surface area contributed by atoms with Crippen LogP contribution in [0.2, 0.25) is 0 Å². The van der Waals surface area contributed by atoms with Crippen molar-refractivity contribution in [3.8, 4) is 0 Å². The topological polar surface area (TPSA) is 113 Å². The summed E-state index contributed by atoms with van der Waals surface area (Å²) in [4.78, 5) is 65.4. The van der Waals surface area contributed by atoms with Crippen LogP contribution in [0.25, 0.3) is 0 Å². The van der Waals surface area contributed by atoms with E-state index in [1.807, 2.05) is 0 Å². The highest BCUT2D eigenvalue weighted by atomic mass is 16.6. The summed E-state index contributed by atoms with van der Waals surface area (Å²) in [5.74, 6) is -4.76. The standard InChI is InChI=1S/C31H38O8/c1-18-13-14-24(34)30(6,7)16-15-19(2)28(35)31(39-22(5)33)17-20(3)27(25(31)26(18)37-21(4)32)38-29(36)23-11-9-8-10-12-23/h8-12,15-16,19-20,25-27H,1,13-14,17H2,2-7H3/b16-15+/t19-,20-,25-,26+,27-,31+/m0/s1. The molecule has 0 saturated heterocycles. The Labute approximate surface area is 229 Å². The van der Waals surface area contributed by atoms with Gasteiger partial charge in [0.05, 0.1) is 11.5 Å². The monoisotopic (exact) mass is 538 g/mol. The van der Waals surface area contributed by atoms with Crippen molar-refractivity contribution in [2.45, 2.75) is 78.6 Å². The summed E-state index contributed by atoms with van der Waals surface area (Å²) in [7, 11) is 0. The van der Waals surface area contributed by atoms with Crippen LogP contribution in [0.3, 0.4) is 0 Å². The molecule has 1 aromatic rings. The minimum atomic E-state index is -1.77. The van der Waals surface area contributed by atoms with Gasteiger partial charge in [0.15, 0.2) is 11.4 Å². The molecule has 6 atom stereocenters. The van der Waals surface area contributed by atoms with Gasteiger partial charge in [-0.15, -0.1) is 0 Å². The number of benzene rings is 1. The van der Waals surface area contributed by atoms with Crippen molar-refractivity contribution in [3.05, 3.63) is 60.2 Å². The first-order valence-corrected chi connectivity index (χ1v) is 13.3. The summed E-state index contributed by atoms with van der Waals surface area (Å²) in [5.41, 5.74) is -1.94. The maximum atomic E-state index is 14.3. The predicted molar refractivity (Wildman–Crippen MR) is 143 cm³/mol. The average molecular weight is 539 g/mol. The Hall–Kier alpha value is -3.55. The summed E-state index contributed by atoms with van der Waals surface area (Å²) in [6.07, 6.45) is 1.56. The van der Waals surface area contributed by atoms with Gasteiger partial charge in [-0.1, -0.05) is 50.8 Å². The van der Waals surface area contributed by atoms with Crippen molar-refractivity contribution >= 4 is 29.5 Å². The molecule has 0 spiro atoms. The third kappa shape index (κ3) is 6.37. The van der Waals surface area contributed by atoms with Crippen LogP contribution in [0, 0.1) is 23.2 Å². The lowest BCUT2D eigenvalue weighted by atomic mass is 9.73. The lowest BCUT2D eigenvalue weighted by Gasteiger charge is -2.40. The molecular formula is C31H38O8. The van der Waals surface area contributed by atoms with Crippen LogP contribution >= 0.6 is 0 Å². The second kappa shape index (κ2) is 11.7. The van der Waals surface area contributed by atoms with E-state index >= 15 is 0 Å². The molecule has 2 aliphatic rings. The molecule has 3 rings (SSSR count). The van der Waals surface area contributed by atoms with Crippen LogP contribution in [0.15, 0.2) is 54.6 Å². The molecule has 2 aliphatic carbocycles. The number of carbonyl (C=O) groups excluding carboxylic acids is 5. The summed E-state index contributed by atoms with van der Waals surface area (Å²) >= 11 is 0. The van der Waals surface area contributed by atoms with E-state index in [1.54, 1.807) is 70.2 Å². The Morgan fingerprint density at radius 2 is 1.59 bits per heavy atom. The normalized spacial score (nSPS) is 31.7. The number of fused-ring (bicyclic) bond motifs is 1. The zero-order valence-electron chi connectivity index (χ0n) is 23.5. The van der Waals surface area contributed by atoms with Gasteiger partial charge in [0.25, 0.3) is 0 Å². The highest BCUT2D eigenvalue weighted by Crippen LogP contribution is 2.50. The highest BCUT2D eigenvalue weighted by Gasteiger charge is 2.64. The van der Waals surface area contributed by atoms with Gasteiger partial charge in [-0.05, 0) is 43.9 Å². The number of carbonyl (C=O) groups is 5. The molecule has 0 aromatic heterocycles. The molecule has 39 heavy (non-hydrogen) atoms. The first kappa shape index (κ1) is 30.0. The van der Waals surface area contributed by atoms with Crippen molar-refractivity contribution < 1.29 is 38.2 Å². The van der Waals surface area contributed by atoms with Gasteiger partial charge >= 0.3 is 17.9 Å². The van der Waals surface area contributed by atoms with Gasteiger partial charge in [0.1, 0.15) is 18.0 Å². The van der Waals surface area contributed by atoms with Crippen LogP contribution in [0.4, 0.5) is 0 Å². The maximum Gasteiger partial charge on any atom is 0.338 e. The number of Topliss-reactive ketones (excluding diaryl/α,β-unsaturated/α-hetero) is 2. The second-order valence-electron chi connectivity index (χ2n) is 11.3. The number of allylic oxidation sites excluding steroid dienone is 2. The number of hydrogen-bond acceptors (Lipinski definition) is 8. The average Bonchev–Trinajstić information content (AvgIpc) is 3.13. The predicted octanol–water partition coefficient (Wildman–Crippen LogP) is 4.81. The van der Waals surface area contributed by atoms with Crippen molar-refractivity contribution in [2.75, 3.05) is 0 Å². The van der Waals surface area contributed by atoms with Gasteiger partial charge in [0, 0.05) is 38.0 Å². The van der Waals surface area contributed by atoms with Gasteiger partial charge < -0.3 is 14.2 Å². The molecule has 0 aliphatic heterocycles. The Bertz CT molecular complexity index is 1180. The Balaban J connectivity index is 2.23. The molecule has 0 unspecified atom stereocenters. The molecular weight excluding hydrogens is 500 g/mol. The summed E-state index contributed by atoms with van der Waals surface area (Å²) < 4.78 is 17.7. The van der Waals surface area contributed by atoms with Gasteiger partial charge in [0.2, 0.25) is 0 Å². The maximum absolute atomic E-state index is 14.3. The lowest BCUT2D eigenvalue weighted by Crippen LogP contribution is -2.56. The van der Waals surface area contributed by atoms with E-state index in [-0.39, 0.29) is 25.0 Å². The minimum absolute atomic E-state index is 0.0500. The van der Waals surface area contributed by atoms with Crippen LogP contribution in [-0.2, 0) is 33.4 Å². The molecule has 210 valence electrons. The molecule has 0 N–H and O–H groups in total. The third-order valence-corrected chi connectivity index (χ3v) is 7.70. The highest BCUT2D eigenvalue weighted by molar-refractivity contribution is 5.94. The molecule has 1 aromatic carbocycles. The molecule has 0 amide bonds. The molecule has 0 heterocycles. The Morgan fingerprint density at radius 3 is 2.18 bits per heavy atom. The fraction of sp³-hybridized carbons (Fsp3) is 0.516. The zero-order valence-corrected chi connectivity index (χ0v) is 23.5. The van der Waals surface area contributed by atoms with Crippen LogP contribution in [0.5, 0.6) is 0 Å². The quantitative estimate of drug-likeness (QED) is 0.305. The Morgan fingerprint density at radius 1 is 0.949 bits per heavy atom. The fourth-order valence-corrected chi connectivity index (χ4v) is 5.68. The first-order chi connectivity index (χ1) is 18.2. The van der Waals surface area contributed by atoms with Gasteiger partial charge in [-0.25, -0.2) is 4.79 Å². The number of hydrogen-bond donors (Lipinski definition) is 0. The van der Waals surface area contributed by atoms with E-state index in [0.717, 1.165) is 0 Å². The smallest absolute Gasteiger partial charge is 0.338 e. The van der Waals surface area contributed by atoms with Crippen molar-refractivity contribution in [2.24, 2.45) is 23.2 Å². The molecule has 8 heteroatoms. The summed E-state index contributed by atoms with van der Waals surface area (Å²) in [6, 6.07) is 8.39. The van der Waals surface area contributed by atoms with Crippen molar-refractivity contribution in [3.63, 3.8) is 0 Å². The van der Waals surface area contributed by atoms with Gasteiger partial charge in [-0.2, -0.15) is 0 Å². The number of esters is 3. The number of ether oxygens (including phenoxy) is 3. The molecule has 1 saturated carbocycles. The number of rotatable bonds is 4. The van der Waals surface area contributed by atoms with E-state index in [4.69, 9.17) is 14.2 Å². The van der Waals surface area contributed by atoms with E-state index in [0.29, 0.717) is 11.1 Å². The lowest BCUT2D eigenvalue weighted by molar-refractivity contribution is -0.182. The Kier molecular flexibility index (Phi) is 8.98. The second-order valence-corrected chi connectivity index (χ2v) is 11.3. The van der Waals surface area contributed by atoms with Crippen LogP contribution in [-0.4, -0.2) is 47.3 Å².